The van der Waals surface area contributed by atoms with E-state index in [1.165, 1.54) is 0 Å². The van der Waals surface area contributed by atoms with Gasteiger partial charge in [0.1, 0.15) is 0 Å². The number of hydrogen-bond acceptors (Lipinski definition) is 2. The van der Waals surface area contributed by atoms with E-state index in [0.717, 1.165) is 24.2 Å². The van der Waals surface area contributed by atoms with Crippen LogP contribution in [0.25, 0.3) is 0 Å². The van der Waals surface area contributed by atoms with Crippen molar-refractivity contribution in [3.63, 3.8) is 0 Å². The molecule has 0 aliphatic rings. The molecule has 0 radical (unpaired) electrons. The first kappa shape index (κ1) is 13.9. The van der Waals surface area contributed by atoms with E-state index in [0.29, 0.717) is 12.5 Å². The molecule has 0 aliphatic heterocycles. The second-order valence-electron chi connectivity index (χ2n) is 4.96. The number of benzene rings is 1. The summed E-state index contributed by atoms with van der Waals surface area (Å²) in [6.07, 6.45) is 0. The summed E-state index contributed by atoms with van der Waals surface area (Å²) in [5, 5.41) is 0. The second kappa shape index (κ2) is 6.55. The van der Waals surface area contributed by atoms with E-state index in [1.807, 2.05) is 31.2 Å². The second-order valence-corrected chi connectivity index (χ2v) is 4.96. The summed E-state index contributed by atoms with van der Waals surface area (Å²) in [5.74, 6) is 0.824. The molecule has 0 N–H and O–H groups in total. The van der Waals surface area contributed by atoms with Crippen LogP contribution in [-0.4, -0.2) is 30.3 Å². The zero-order valence-electron chi connectivity index (χ0n) is 11.4. The highest BCUT2D eigenvalue weighted by molar-refractivity contribution is 5.98. The standard InChI is InChI=1S/C15H23NO/c1-5-16(10-12(2)3)11-15(17)14-9-7-6-8-13(14)4/h6-9,12H,5,10-11H2,1-4H3. The molecule has 2 heteroatoms. The molecule has 1 aromatic carbocycles. The predicted octanol–water partition coefficient (Wildman–Crippen LogP) is 3.16. The molecule has 0 unspecified atom stereocenters. The molecule has 0 heterocycles. The lowest BCUT2D eigenvalue weighted by atomic mass is 10.0. The van der Waals surface area contributed by atoms with Crippen molar-refractivity contribution in [2.75, 3.05) is 19.6 Å². The SMILES string of the molecule is CCN(CC(=O)c1ccccc1C)CC(C)C. The number of nitrogens with zero attached hydrogens (tertiary/aromatic N) is 1. The number of hydrogen-bond donors (Lipinski definition) is 0. The Morgan fingerprint density at radius 2 is 1.94 bits per heavy atom. The molecular weight excluding hydrogens is 210 g/mol. The largest absolute Gasteiger partial charge is 0.296 e. The molecule has 0 saturated carbocycles. The Bertz CT molecular complexity index is 371. The number of ketones is 1. The highest BCUT2D eigenvalue weighted by Gasteiger charge is 2.13. The summed E-state index contributed by atoms with van der Waals surface area (Å²) < 4.78 is 0. The van der Waals surface area contributed by atoms with Gasteiger partial charge in [-0.05, 0) is 24.9 Å². The summed E-state index contributed by atoms with van der Waals surface area (Å²) in [6, 6.07) is 7.81. The Morgan fingerprint density at radius 1 is 1.29 bits per heavy atom. The molecule has 0 atom stereocenters. The maximum Gasteiger partial charge on any atom is 0.177 e. The Labute approximate surface area is 105 Å². The number of rotatable bonds is 6. The highest BCUT2D eigenvalue weighted by atomic mass is 16.1. The number of Topliss-reactive ketones (excluding diaryl/α,β-unsaturated/α-hetero) is 1. The first-order valence-electron chi connectivity index (χ1n) is 6.35. The molecule has 0 fully saturated rings. The quantitative estimate of drug-likeness (QED) is 0.703. The van der Waals surface area contributed by atoms with E-state index in [4.69, 9.17) is 0 Å². The summed E-state index contributed by atoms with van der Waals surface area (Å²) in [6.45, 7) is 10.9. The van der Waals surface area contributed by atoms with Gasteiger partial charge in [-0.3, -0.25) is 9.69 Å². The molecular formula is C15H23NO. The molecule has 0 spiro atoms. The Balaban J connectivity index is 2.68. The minimum absolute atomic E-state index is 0.227. The van der Waals surface area contributed by atoms with Gasteiger partial charge in [0.15, 0.2) is 5.78 Å². The van der Waals surface area contributed by atoms with Crippen LogP contribution in [0.15, 0.2) is 24.3 Å². The van der Waals surface area contributed by atoms with E-state index in [-0.39, 0.29) is 5.78 Å². The number of carbonyl (C=O) groups excluding carboxylic acids is 1. The van der Waals surface area contributed by atoms with E-state index < -0.39 is 0 Å². The molecule has 0 saturated heterocycles. The van der Waals surface area contributed by atoms with Crippen molar-refractivity contribution in [1.29, 1.82) is 0 Å². The van der Waals surface area contributed by atoms with Crippen LogP contribution in [0.4, 0.5) is 0 Å². The van der Waals surface area contributed by atoms with Gasteiger partial charge in [0, 0.05) is 12.1 Å². The molecule has 1 rings (SSSR count). The van der Waals surface area contributed by atoms with E-state index in [1.54, 1.807) is 0 Å². The Kier molecular flexibility index (Phi) is 5.36. The monoisotopic (exact) mass is 233 g/mol. The van der Waals surface area contributed by atoms with Gasteiger partial charge in [-0.25, -0.2) is 0 Å². The molecule has 0 amide bonds. The number of carbonyl (C=O) groups is 1. The van der Waals surface area contributed by atoms with Gasteiger partial charge >= 0.3 is 0 Å². The van der Waals surface area contributed by atoms with E-state index >= 15 is 0 Å². The molecule has 94 valence electrons. The van der Waals surface area contributed by atoms with Crippen LogP contribution in [0.5, 0.6) is 0 Å². The third-order valence-corrected chi connectivity index (χ3v) is 2.88. The first-order valence-corrected chi connectivity index (χ1v) is 6.35. The van der Waals surface area contributed by atoms with Crippen LogP contribution in [0.3, 0.4) is 0 Å². The van der Waals surface area contributed by atoms with Crippen molar-refractivity contribution in [3.8, 4) is 0 Å². The smallest absolute Gasteiger partial charge is 0.177 e. The van der Waals surface area contributed by atoms with Crippen LogP contribution in [0.1, 0.15) is 36.7 Å². The van der Waals surface area contributed by atoms with Gasteiger partial charge in [0.2, 0.25) is 0 Å². The van der Waals surface area contributed by atoms with Crippen LogP contribution >= 0.6 is 0 Å². The fourth-order valence-electron chi connectivity index (χ4n) is 2.00. The van der Waals surface area contributed by atoms with Gasteiger partial charge in [0.05, 0.1) is 6.54 Å². The molecule has 17 heavy (non-hydrogen) atoms. The Morgan fingerprint density at radius 3 is 2.47 bits per heavy atom. The van der Waals surface area contributed by atoms with Crippen molar-refractivity contribution in [2.45, 2.75) is 27.7 Å². The van der Waals surface area contributed by atoms with Crippen molar-refractivity contribution < 1.29 is 4.79 Å². The minimum atomic E-state index is 0.227. The fourth-order valence-corrected chi connectivity index (χ4v) is 2.00. The normalized spacial score (nSPS) is 11.2. The maximum atomic E-state index is 12.2. The van der Waals surface area contributed by atoms with Crippen molar-refractivity contribution in [3.05, 3.63) is 35.4 Å². The summed E-state index contributed by atoms with van der Waals surface area (Å²) in [5.41, 5.74) is 1.92. The third-order valence-electron chi connectivity index (χ3n) is 2.88. The number of aryl methyl sites for hydroxylation is 1. The molecule has 0 aliphatic carbocycles. The van der Waals surface area contributed by atoms with Crippen LogP contribution < -0.4 is 0 Å². The first-order chi connectivity index (χ1) is 8.04. The summed E-state index contributed by atoms with van der Waals surface area (Å²) in [7, 11) is 0. The van der Waals surface area contributed by atoms with Crippen LogP contribution in [0.2, 0.25) is 0 Å². The highest BCUT2D eigenvalue weighted by Crippen LogP contribution is 2.09. The average molecular weight is 233 g/mol. The molecule has 0 aromatic heterocycles. The zero-order chi connectivity index (χ0) is 12.8. The molecule has 1 aromatic rings. The lowest BCUT2D eigenvalue weighted by Gasteiger charge is -2.21. The zero-order valence-corrected chi connectivity index (χ0v) is 11.4. The number of likely N-dealkylation sites (N-methyl/N-ethyl adjacent to an activating group) is 1. The predicted molar refractivity (Wildman–Crippen MR) is 72.5 cm³/mol. The van der Waals surface area contributed by atoms with E-state index in [2.05, 4.69) is 25.7 Å². The Hall–Kier alpha value is -1.15. The lowest BCUT2D eigenvalue weighted by molar-refractivity contribution is 0.0926. The van der Waals surface area contributed by atoms with Crippen molar-refractivity contribution in [2.24, 2.45) is 5.92 Å². The van der Waals surface area contributed by atoms with Gasteiger partial charge in [-0.1, -0.05) is 45.0 Å². The van der Waals surface area contributed by atoms with Gasteiger partial charge in [-0.15, -0.1) is 0 Å². The lowest BCUT2D eigenvalue weighted by Crippen LogP contribution is -2.33. The minimum Gasteiger partial charge on any atom is -0.296 e. The molecule has 0 bridgehead atoms. The van der Waals surface area contributed by atoms with Crippen molar-refractivity contribution in [1.82, 2.24) is 4.90 Å². The van der Waals surface area contributed by atoms with Crippen LogP contribution in [-0.2, 0) is 0 Å². The topological polar surface area (TPSA) is 20.3 Å². The van der Waals surface area contributed by atoms with Gasteiger partial charge in [-0.2, -0.15) is 0 Å². The molecule has 2 nitrogen and oxygen atoms in total. The van der Waals surface area contributed by atoms with Gasteiger partial charge in [0.25, 0.3) is 0 Å². The van der Waals surface area contributed by atoms with Crippen LogP contribution in [0, 0.1) is 12.8 Å². The van der Waals surface area contributed by atoms with E-state index in [9.17, 15) is 4.79 Å². The van der Waals surface area contributed by atoms with Crippen molar-refractivity contribution >= 4 is 5.78 Å². The van der Waals surface area contributed by atoms with Gasteiger partial charge < -0.3 is 0 Å². The maximum absolute atomic E-state index is 12.2. The third kappa shape index (κ3) is 4.31. The summed E-state index contributed by atoms with van der Waals surface area (Å²) >= 11 is 0. The average Bonchev–Trinajstić information content (AvgIpc) is 2.27. The summed E-state index contributed by atoms with van der Waals surface area (Å²) in [4.78, 5) is 14.4. The fraction of sp³-hybridized carbons (Fsp3) is 0.533.